The fourth-order valence-electron chi connectivity index (χ4n) is 2.48. The first-order valence-corrected chi connectivity index (χ1v) is 9.21. The van der Waals surface area contributed by atoms with Gasteiger partial charge in [-0.25, -0.2) is 0 Å². The van der Waals surface area contributed by atoms with Gasteiger partial charge in [-0.3, -0.25) is 0 Å². The van der Waals surface area contributed by atoms with E-state index in [1.807, 2.05) is 18.8 Å². The molecular formula is C18H28BNO2S. The largest absolute Gasteiger partial charge is 0.491 e. The lowest BCUT2D eigenvalue weighted by molar-refractivity contribution is 0.00578. The maximum Gasteiger partial charge on any atom is 0.491 e. The Hall–Kier alpha value is -0.745. The van der Waals surface area contributed by atoms with Crippen LogP contribution >= 0.6 is 11.8 Å². The number of hydrogen-bond donors (Lipinski definition) is 1. The first-order valence-electron chi connectivity index (χ1n) is 8.22. The van der Waals surface area contributed by atoms with E-state index in [-0.39, 0.29) is 18.3 Å². The van der Waals surface area contributed by atoms with Crippen molar-refractivity contribution in [1.82, 2.24) is 5.32 Å². The number of likely N-dealkylation sites (N-methyl/N-ethyl adjacent to an activating group) is 1. The fourth-order valence-corrected chi connectivity index (χ4v) is 3.20. The van der Waals surface area contributed by atoms with Crippen molar-refractivity contribution in [1.29, 1.82) is 0 Å². The smallest absolute Gasteiger partial charge is 0.400 e. The van der Waals surface area contributed by atoms with Gasteiger partial charge in [0.2, 0.25) is 0 Å². The Morgan fingerprint density at radius 1 is 1.22 bits per heavy atom. The van der Waals surface area contributed by atoms with Gasteiger partial charge >= 0.3 is 7.12 Å². The maximum atomic E-state index is 6.19. The topological polar surface area (TPSA) is 30.5 Å². The van der Waals surface area contributed by atoms with E-state index >= 15 is 0 Å². The van der Waals surface area contributed by atoms with Crippen molar-refractivity contribution >= 4 is 25.0 Å². The minimum Gasteiger partial charge on any atom is -0.400 e. The van der Waals surface area contributed by atoms with Crippen LogP contribution in [0.1, 0.15) is 40.2 Å². The highest BCUT2D eigenvalue weighted by Crippen LogP contribution is 2.38. The maximum absolute atomic E-state index is 6.19. The quantitative estimate of drug-likeness (QED) is 0.629. The lowest BCUT2D eigenvalue weighted by atomic mass is 9.77. The fraction of sp³-hybridized carbons (Fsp3) is 0.556. The van der Waals surface area contributed by atoms with Crippen LogP contribution in [0.25, 0.3) is 6.08 Å². The molecule has 1 aromatic carbocycles. The average Bonchev–Trinajstić information content (AvgIpc) is 2.68. The Balaban J connectivity index is 2.27. The molecule has 0 aromatic heterocycles. The number of thioether (sulfide) groups is 1. The molecule has 2 rings (SSSR count). The number of nitrogens with one attached hydrogen (secondary N) is 1. The van der Waals surface area contributed by atoms with Crippen LogP contribution in [-0.4, -0.2) is 37.7 Å². The van der Waals surface area contributed by atoms with E-state index in [1.54, 1.807) is 0 Å². The standard InChI is InChI=1S/C18H28BNO2S/c1-7-23-16-10-8-9-14(12-16)11-15(13-20-6)19-21-17(2,3)18(4,5)22-19/h8-12,20H,7,13H2,1-6H3. The minimum atomic E-state index is -0.315. The molecular weight excluding hydrogens is 305 g/mol. The molecule has 0 amide bonds. The third-order valence-corrected chi connectivity index (χ3v) is 5.33. The molecule has 0 unspecified atom stereocenters. The highest BCUT2D eigenvalue weighted by molar-refractivity contribution is 7.99. The zero-order valence-corrected chi connectivity index (χ0v) is 15.9. The minimum absolute atomic E-state index is 0.310. The van der Waals surface area contributed by atoms with Crippen molar-refractivity contribution in [2.75, 3.05) is 19.3 Å². The van der Waals surface area contributed by atoms with Gasteiger partial charge in [-0.1, -0.05) is 25.1 Å². The molecule has 0 bridgehead atoms. The van der Waals surface area contributed by atoms with E-state index < -0.39 is 0 Å². The number of hydrogen-bond acceptors (Lipinski definition) is 4. The highest BCUT2D eigenvalue weighted by atomic mass is 32.2. The monoisotopic (exact) mass is 333 g/mol. The molecule has 5 heteroatoms. The Labute approximate surface area is 145 Å². The molecule has 0 aliphatic carbocycles. The summed E-state index contributed by atoms with van der Waals surface area (Å²) in [6, 6.07) is 8.60. The molecule has 0 spiro atoms. The van der Waals surface area contributed by atoms with E-state index in [9.17, 15) is 0 Å². The summed E-state index contributed by atoms with van der Waals surface area (Å²) in [4.78, 5) is 1.29. The van der Waals surface area contributed by atoms with E-state index in [0.717, 1.165) is 17.8 Å². The van der Waals surface area contributed by atoms with Gasteiger partial charge < -0.3 is 14.6 Å². The zero-order chi connectivity index (χ0) is 17.1. The van der Waals surface area contributed by atoms with Gasteiger partial charge in [-0.15, -0.1) is 11.8 Å². The summed E-state index contributed by atoms with van der Waals surface area (Å²) in [5.41, 5.74) is 1.67. The van der Waals surface area contributed by atoms with Crippen molar-refractivity contribution in [2.45, 2.75) is 50.7 Å². The molecule has 23 heavy (non-hydrogen) atoms. The van der Waals surface area contributed by atoms with Crippen molar-refractivity contribution in [2.24, 2.45) is 0 Å². The van der Waals surface area contributed by atoms with Gasteiger partial charge in [0.05, 0.1) is 11.2 Å². The summed E-state index contributed by atoms with van der Waals surface area (Å²) < 4.78 is 12.4. The second-order valence-corrected chi connectivity index (χ2v) is 8.18. The molecule has 1 aliphatic rings. The molecule has 1 fully saturated rings. The normalized spacial score (nSPS) is 20.1. The van der Waals surface area contributed by atoms with E-state index in [0.29, 0.717) is 0 Å². The van der Waals surface area contributed by atoms with E-state index in [4.69, 9.17) is 9.31 Å². The van der Waals surface area contributed by atoms with Crippen molar-refractivity contribution in [3.8, 4) is 0 Å². The highest BCUT2D eigenvalue weighted by Gasteiger charge is 2.52. The third kappa shape index (κ3) is 4.41. The molecule has 3 nitrogen and oxygen atoms in total. The van der Waals surface area contributed by atoms with Gasteiger partial charge in [0.25, 0.3) is 0 Å². The number of benzene rings is 1. The van der Waals surface area contributed by atoms with Crippen LogP contribution in [0.3, 0.4) is 0 Å². The van der Waals surface area contributed by atoms with Gasteiger partial charge in [-0.2, -0.15) is 0 Å². The number of rotatable bonds is 6. The molecule has 0 radical (unpaired) electrons. The van der Waals surface area contributed by atoms with Gasteiger partial charge in [-0.05, 0) is 63.7 Å². The Morgan fingerprint density at radius 3 is 2.43 bits per heavy atom. The third-order valence-electron chi connectivity index (χ3n) is 4.46. The zero-order valence-electron chi connectivity index (χ0n) is 15.1. The molecule has 1 heterocycles. The van der Waals surface area contributed by atoms with E-state index in [1.165, 1.54) is 10.5 Å². The SMILES string of the molecule is CCSc1cccc(C=C(CNC)B2OC(C)(C)C(C)(C)O2)c1. The molecule has 1 saturated heterocycles. The second-order valence-electron chi connectivity index (χ2n) is 6.84. The van der Waals surface area contributed by atoms with Crippen molar-refractivity contribution < 1.29 is 9.31 Å². The summed E-state index contributed by atoms with van der Waals surface area (Å²) in [6.45, 7) is 11.3. The second kappa shape index (κ2) is 7.43. The summed E-state index contributed by atoms with van der Waals surface area (Å²) in [6.07, 6.45) is 2.18. The van der Waals surface area contributed by atoms with Crippen LogP contribution in [0.15, 0.2) is 34.6 Å². The lowest BCUT2D eigenvalue weighted by Crippen LogP contribution is -2.41. The van der Waals surface area contributed by atoms with Gasteiger partial charge in [0.15, 0.2) is 0 Å². The Morgan fingerprint density at radius 2 is 1.87 bits per heavy atom. The van der Waals surface area contributed by atoms with Crippen LogP contribution in [0, 0.1) is 0 Å². The van der Waals surface area contributed by atoms with Gasteiger partial charge in [0.1, 0.15) is 0 Å². The van der Waals surface area contributed by atoms with Crippen LogP contribution in [0.2, 0.25) is 0 Å². The summed E-state index contributed by atoms with van der Waals surface area (Å²) in [5.74, 6) is 1.08. The molecule has 1 aliphatic heterocycles. The van der Waals surface area contributed by atoms with Crippen LogP contribution in [0.4, 0.5) is 0 Å². The van der Waals surface area contributed by atoms with Gasteiger partial charge in [0, 0.05) is 11.4 Å². The first-order chi connectivity index (χ1) is 10.8. The molecule has 126 valence electrons. The predicted octanol–water partition coefficient (Wildman–Crippen LogP) is 4.03. The van der Waals surface area contributed by atoms with Crippen LogP contribution in [-0.2, 0) is 9.31 Å². The Bertz CT molecular complexity index is 556. The van der Waals surface area contributed by atoms with Crippen molar-refractivity contribution in [3.63, 3.8) is 0 Å². The molecule has 1 N–H and O–H groups in total. The molecule has 0 atom stereocenters. The first kappa shape index (κ1) is 18.6. The van der Waals surface area contributed by atoms with Crippen LogP contribution in [0.5, 0.6) is 0 Å². The van der Waals surface area contributed by atoms with Crippen LogP contribution < -0.4 is 5.32 Å². The summed E-state index contributed by atoms with van der Waals surface area (Å²) in [5, 5.41) is 3.23. The average molecular weight is 333 g/mol. The Kier molecular flexibility index (Phi) is 6.01. The molecule has 1 aromatic rings. The summed E-state index contributed by atoms with van der Waals surface area (Å²) in [7, 11) is 1.64. The predicted molar refractivity (Wildman–Crippen MR) is 101 cm³/mol. The molecule has 0 saturated carbocycles. The van der Waals surface area contributed by atoms with E-state index in [2.05, 4.69) is 70.3 Å². The lowest BCUT2D eigenvalue weighted by Gasteiger charge is -2.32. The van der Waals surface area contributed by atoms with Crippen molar-refractivity contribution in [3.05, 3.63) is 35.3 Å². The summed E-state index contributed by atoms with van der Waals surface area (Å²) >= 11 is 1.85.